The van der Waals surface area contributed by atoms with Crippen molar-refractivity contribution in [2.45, 2.75) is 12.3 Å². The molecule has 0 atom stereocenters. The zero-order valence-corrected chi connectivity index (χ0v) is 25.6. The Labute approximate surface area is 273 Å². The summed E-state index contributed by atoms with van der Waals surface area (Å²) in [5.74, 6) is 2.31. The lowest BCUT2D eigenvalue weighted by Crippen LogP contribution is -2.32. The van der Waals surface area contributed by atoms with Crippen molar-refractivity contribution < 1.29 is 4.74 Å². The van der Waals surface area contributed by atoms with E-state index in [-0.39, 0.29) is 0 Å². The molecule has 0 radical (unpaired) electrons. The molecule has 0 saturated carbocycles. The number of hydrogen-bond donors (Lipinski definition) is 0. The minimum Gasteiger partial charge on any atom is -0.457 e. The van der Waals surface area contributed by atoms with E-state index in [0.717, 1.165) is 78.5 Å². The summed E-state index contributed by atoms with van der Waals surface area (Å²) in [6.45, 7) is 2.11. The van der Waals surface area contributed by atoms with Gasteiger partial charge in [0.2, 0.25) is 0 Å². The van der Waals surface area contributed by atoms with E-state index in [1.807, 2.05) is 66.7 Å². The lowest BCUT2D eigenvalue weighted by molar-refractivity contribution is 0.436. The third-order valence-corrected chi connectivity index (χ3v) is 9.57. The Morgan fingerprint density at radius 3 is 1.70 bits per heavy atom. The van der Waals surface area contributed by atoms with Crippen LogP contribution in [0.25, 0.3) is 45.0 Å². The Kier molecular flexibility index (Phi) is 5.97. The maximum Gasteiger partial charge on any atom is 0.160 e. The van der Waals surface area contributed by atoms with Crippen molar-refractivity contribution in [1.29, 1.82) is 5.26 Å². The number of para-hydroxylation sites is 2. The molecule has 2 aliphatic rings. The zero-order chi connectivity index (χ0) is 31.5. The van der Waals surface area contributed by atoms with Crippen molar-refractivity contribution in [3.05, 3.63) is 179 Å². The molecule has 220 valence electrons. The quantitative estimate of drug-likeness (QED) is 0.202. The maximum atomic E-state index is 10.0. The van der Waals surface area contributed by atoms with Gasteiger partial charge in [-0.2, -0.15) is 5.26 Å². The normalized spacial score (nSPS) is 13.1. The van der Waals surface area contributed by atoms with Gasteiger partial charge < -0.3 is 4.74 Å². The van der Waals surface area contributed by atoms with Crippen molar-refractivity contribution >= 4 is 0 Å². The molecule has 0 unspecified atom stereocenters. The summed E-state index contributed by atoms with van der Waals surface area (Å²) < 4.78 is 6.53. The number of rotatable bonds is 3. The van der Waals surface area contributed by atoms with Gasteiger partial charge in [0.05, 0.1) is 28.4 Å². The van der Waals surface area contributed by atoms with E-state index in [0.29, 0.717) is 11.4 Å². The Hall–Kier alpha value is -6.31. The van der Waals surface area contributed by atoms with Crippen LogP contribution in [0.4, 0.5) is 0 Å². The van der Waals surface area contributed by atoms with E-state index in [4.69, 9.17) is 14.7 Å². The van der Waals surface area contributed by atoms with Gasteiger partial charge in [0.1, 0.15) is 11.5 Å². The van der Waals surface area contributed by atoms with Crippen LogP contribution in [-0.2, 0) is 5.41 Å². The molecular weight excluding hydrogens is 574 g/mol. The predicted octanol–water partition coefficient (Wildman–Crippen LogP) is 10.1. The lowest BCUT2D eigenvalue weighted by Gasteiger charge is -2.39. The molecule has 1 aliphatic carbocycles. The molecule has 4 nitrogen and oxygen atoms in total. The number of nitrogens with zero attached hydrogens (tertiary/aromatic N) is 3. The molecule has 1 aromatic heterocycles. The second-order valence-electron chi connectivity index (χ2n) is 12.1. The van der Waals surface area contributed by atoms with Crippen LogP contribution in [0.3, 0.4) is 0 Å². The molecule has 6 aromatic carbocycles. The third kappa shape index (κ3) is 3.94. The van der Waals surface area contributed by atoms with Gasteiger partial charge >= 0.3 is 0 Å². The van der Waals surface area contributed by atoms with E-state index < -0.39 is 5.41 Å². The van der Waals surface area contributed by atoms with Crippen LogP contribution in [0.1, 0.15) is 33.4 Å². The highest BCUT2D eigenvalue weighted by molar-refractivity contribution is 5.91. The van der Waals surface area contributed by atoms with Gasteiger partial charge in [-0.25, -0.2) is 9.97 Å². The van der Waals surface area contributed by atoms with Crippen LogP contribution in [0.15, 0.2) is 146 Å². The van der Waals surface area contributed by atoms with Gasteiger partial charge in [0, 0.05) is 33.4 Å². The Balaban J connectivity index is 1.36. The highest BCUT2D eigenvalue weighted by Gasteiger charge is 2.51. The van der Waals surface area contributed by atoms with Gasteiger partial charge in [0.15, 0.2) is 5.82 Å². The van der Waals surface area contributed by atoms with E-state index >= 15 is 0 Å². The highest BCUT2D eigenvalue weighted by Crippen LogP contribution is 2.62. The van der Waals surface area contributed by atoms with Crippen LogP contribution in [0.5, 0.6) is 11.5 Å². The first-order valence-electron chi connectivity index (χ1n) is 15.7. The van der Waals surface area contributed by atoms with Crippen LogP contribution in [-0.4, -0.2) is 9.97 Å². The lowest BCUT2D eigenvalue weighted by atomic mass is 9.65. The second kappa shape index (κ2) is 10.4. The molecule has 4 heteroatoms. The molecule has 1 spiro atoms. The molecule has 0 amide bonds. The number of ether oxygens (including phenoxy) is 1. The summed E-state index contributed by atoms with van der Waals surface area (Å²) >= 11 is 0. The van der Waals surface area contributed by atoms with Gasteiger partial charge in [-0.1, -0.05) is 115 Å². The summed E-state index contributed by atoms with van der Waals surface area (Å²) in [5.41, 5.74) is 12.4. The first kappa shape index (κ1) is 27.0. The average molecular weight is 602 g/mol. The molecule has 9 rings (SSSR count). The molecule has 0 N–H and O–H groups in total. The molecule has 2 heterocycles. The largest absolute Gasteiger partial charge is 0.457 e. The summed E-state index contributed by atoms with van der Waals surface area (Å²) in [5, 5.41) is 10.0. The molecule has 0 saturated heterocycles. The summed E-state index contributed by atoms with van der Waals surface area (Å²) in [4.78, 5) is 10.4. The number of nitriles is 1. The fourth-order valence-electron chi connectivity index (χ4n) is 7.51. The van der Waals surface area contributed by atoms with Crippen molar-refractivity contribution in [2.75, 3.05) is 0 Å². The van der Waals surface area contributed by atoms with Crippen LogP contribution >= 0.6 is 0 Å². The maximum absolute atomic E-state index is 10.0. The van der Waals surface area contributed by atoms with Crippen molar-refractivity contribution in [3.8, 4) is 62.6 Å². The summed E-state index contributed by atoms with van der Waals surface area (Å²) in [7, 11) is 0. The minimum atomic E-state index is -0.690. The molecular formula is C43H27N3O. The molecule has 7 aromatic rings. The Morgan fingerprint density at radius 2 is 1.06 bits per heavy atom. The topological polar surface area (TPSA) is 58.8 Å². The number of fused-ring (bicyclic) bond motifs is 9. The van der Waals surface area contributed by atoms with Gasteiger partial charge in [-0.3, -0.25) is 0 Å². The van der Waals surface area contributed by atoms with Gasteiger partial charge in [0.25, 0.3) is 0 Å². The number of aromatic nitrogens is 2. The summed E-state index contributed by atoms with van der Waals surface area (Å²) in [6.07, 6.45) is 0. The van der Waals surface area contributed by atoms with Crippen molar-refractivity contribution in [2.24, 2.45) is 0 Å². The zero-order valence-electron chi connectivity index (χ0n) is 25.6. The van der Waals surface area contributed by atoms with Crippen LogP contribution < -0.4 is 4.74 Å². The number of benzene rings is 6. The Morgan fingerprint density at radius 1 is 0.532 bits per heavy atom. The molecule has 0 bridgehead atoms. The molecule has 0 fully saturated rings. The molecule has 47 heavy (non-hydrogen) atoms. The SMILES string of the molecule is Cc1c(-c2ccccc2)nc(-c2ccccc2)nc1-c1ccc2c(c1)C1(c3ccccc3Oc3ccccc31)c1cc(C#N)ccc1-2. The standard InChI is InChI=1S/C43H27N3O/c1-27-40(29-12-4-2-5-13-29)45-42(30-14-6-3-7-15-30)46-41(27)31-21-23-33-32-22-20-28(26-44)24-36(32)43(37(33)25-31)34-16-8-10-18-38(34)47-39-19-11-9-17-35(39)43/h2-25H,1H3. The second-order valence-corrected chi connectivity index (χ2v) is 12.1. The first-order valence-corrected chi connectivity index (χ1v) is 15.7. The van der Waals surface area contributed by atoms with Crippen LogP contribution in [0, 0.1) is 18.3 Å². The monoisotopic (exact) mass is 601 g/mol. The average Bonchev–Trinajstić information content (AvgIpc) is 3.41. The fourth-order valence-corrected chi connectivity index (χ4v) is 7.51. The number of hydrogen-bond acceptors (Lipinski definition) is 4. The van der Waals surface area contributed by atoms with E-state index in [9.17, 15) is 5.26 Å². The van der Waals surface area contributed by atoms with Crippen molar-refractivity contribution in [1.82, 2.24) is 9.97 Å². The fraction of sp³-hybridized carbons (Fsp3) is 0.0465. The van der Waals surface area contributed by atoms with E-state index in [1.165, 1.54) is 0 Å². The van der Waals surface area contributed by atoms with Gasteiger partial charge in [-0.05, 0) is 59.5 Å². The Bertz CT molecular complexity index is 2360. The highest BCUT2D eigenvalue weighted by atomic mass is 16.5. The first-order chi connectivity index (χ1) is 23.2. The predicted molar refractivity (Wildman–Crippen MR) is 185 cm³/mol. The molecule has 1 aliphatic heterocycles. The smallest absolute Gasteiger partial charge is 0.160 e. The third-order valence-electron chi connectivity index (χ3n) is 9.57. The van der Waals surface area contributed by atoms with E-state index in [2.05, 4.69) is 91.9 Å². The minimum absolute atomic E-state index is 0.629. The van der Waals surface area contributed by atoms with E-state index in [1.54, 1.807) is 0 Å². The van der Waals surface area contributed by atoms with Crippen LogP contribution in [0.2, 0.25) is 0 Å². The summed E-state index contributed by atoms with van der Waals surface area (Å²) in [6, 6.07) is 52.2. The van der Waals surface area contributed by atoms with Gasteiger partial charge in [-0.15, -0.1) is 0 Å². The van der Waals surface area contributed by atoms with Crippen molar-refractivity contribution in [3.63, 3.8) is 0 Å².